The summed E-state index contributed by atoms with van der Waals surface area (Å²) < 4.78 is 12.8. The molecule has 0 bridgehead atoms. The number of rotatable bonds is 10. The topological polar surface area (TPSA) is 181 Å². The molecule has 0 aliphatic carbocycles. The molecule has 37 heavy (non-hydrogen) atoms. The first-order valence-electron chi connectivity index (χ1n) is 12.2. The number of hydrogen-bond acceptors (Lipinski definition) is 11. The van der Waals surface area contributed by atoms with Crippen molar-refractivity contribution in [3.05, 3.63) is 30.1 Å². The van der Waals surface area contributed by atoms with Gasteiger partial charge in [0.1, 0.15) is 29.6 Å². The van der Waals surface area contributed by atoms with E-state index in [-0.39, 0.29) is 29.9 Å². The van der Waals surface area contributed by atoms with E-state index in [1.54, 1.807) is 17.0 Å². The lowest BCUT2D eigenvalue weighted by molar-refractivity contribution is -0.132. The summed E-state index contributed by atoms with van der Waals surface area (Å²) >= 11 is 0. The number of anilines is 3. The summed E-state index contributed by atoms with van der Waals surface area (Å²) in [5.74, 6) is 0.683. The zero-order chi connectivity index (χ0) is 26.7. The van der Waals surface area contributed by atoms with E-state index in [9.17, 15) is 20.1 Å². The summed E-state index contributed by atoms with van der Waals surface area (Å²) in [5, 5.41) is 33.2. The first-order valence-corrected chi connectivity index (χ1v) is 12.2. The van der Waals surface area contributed by atoms with Gasteiger partial charge in [0.2, 0.25) is 5.95 Å². The fraction of sp³-hybridized carbons (Fsp3) is 0.500. The number of aliphatic hydroxyl groups is 3. The van der Waals surface area contributed by atoms with E-state index in [0.717, 1.165) is 5.56 Å². The Balaban J connectivity index is 1.60. The summed E-state index contributed by atoms with van der Waals surface area (Å²) in [6.07, 6.45) is -2.45. The molecule has 2 aromatic heterocycles. The van der Waals surface area contributed by atoms with Gasteiger partial charge >= 0.3 is 0 Å². The highest BCUT2D eigenvalue weighted by atomic mass is 16.6. The number of nitrogens with one attached hydrogen (secondary N) is 1. The largest absolute Gasteiger partial charge is 0.484 e. The van der Waals surface area contributed by atoms with Gasteiger partial charge in [-0.1, -0.05) is 13.0 Å². The standard InChI is InChI=1S/C24H33N7O6/c1-4-13-7-8-14(36-11-17(33)30(5-2)6-3)9-15(13)27-24-28-21(25)18-22(29-24)31(12-26-18)23-20(35)19(34)16(10-32)37-23/h7-9,12,16,19-20,23,32,34-35H,4-6,10-11H2,1-3H3,(H3,25,27,28,29)/t16-,19-,20-,23-/m1/s1. The van der Waals surface area contributed by atoms with Crippen LogP contribution in [0, 0.1) is 0 Å². The van der Waals surface area contributed by atoms with Gasteiger partial charge in [-0.3, -0.25) is 9.36 Å². The fourth-order valence-corrected chi connectivity index (χ4v) is 4.29. The van der Waals surface area contributed by atoms with Crippen LogP contribution >= 0.6 is 0 Å². The van der Waals surface area contributed by atoms with E-state index >= 15 is 0 Å². The quantitative estimate of drug-likeness (QED) is 0.255. The number of imidazole rings is 1. The molecule has 1 aromatic carbocycles. The van der Waals surface area contributed by atoms with Gasteiger partial charge < -0.3 is 40.7 Å². The van der Waals surface area contributed by atoms with Crippen molar-refractivity contribution in [2.45, 2.75) is 51.7 Å². The maximum atomic E-state index is 12.3. The first-order chi connectivity index (χ1) is 17.8. The lowest BCUT2D eigenvalue weighted by Crippen LogP contribution is -2.34. The van der Waals surface area contributed by atoms with Crippen molar-refractivity contribution in [1.29, 1.82) is 0 Å². The van der Waals surface area contributed by atoms with Crippen LogP contribution in [0.2, 0.25) is 0 Å². The maximum absolute atomic E-state index is 12.3. The number of carbonyl (C=O) groups excluding carboxylic acids is 1. The number of ether oxygens (including phenoxy) is 2. The molecule has 200 valence electrons. The number of nitrogens with zero attached hydrogens (tertiary/aromatic N) is 5. The van der Waals surface area contributed by atoms with Crippen LogP contribution in [-0.4, -0.2) is 90.3 Å². The van der Waals surface area contributed by atoms with Crippen LogP contribution in [0.3, 0.4) is 0 Å². The first kappa shape index (κ1) is 26.5. The number of hydrogen-bond donors (Lipinski definition) is 5. The Morgan fingerprint density at radius 1 is 1.22 bits per heavy atom. The van der Waals surface area contributed by atoms with Gasteiger partial charge in [0.05, 0.1) is 12.9 Å². The van der Waals surface area contributed by atoms with Crippen molar-refractivity contribution < 1.29 is 29.6 Å². The molecule has 0 radical (unpaired) electrons. The van der Waals surface area contributed by atoms with E-state index in [0.29, 0.717) is 36.5 Å². The molecule has 13 heteroatoms. The normalized spacial score (nSPS) is 21.4. The molecule has 1 aliphatic heterocycles. The van der Waals surface area contributed by atoms with Crippen molar-refractivity contribution in [3.63, 3.8) is 0 Å². The lowest BCUT2D eigenvalue weighted by atomic mass is 10.1. The molecular formula is C24H33N7O6. The Morgan fingerprint density at radius 2 is 1.97 bits per heavy atom. The van der Waals surface area contributed by atoms with E-state index in [1.165, 1.54) is 10.9 Å². The minimum Gasteiger partial charge on any atom is -0.484 e. The van der Waals surface area contributed by atoms with Gasteiger partial charge in [0, 0.05) is 24.8 Å². The number of nitrogen functional groups attached to an aromatic ring is 1. The number of aromatic nitrogens is 4. The number of nitrogens with two attached hydrogens (primary N) is 1. The zero-order valence-electron chi connectivity index (χ0n) is 21.0. The van der Waals surface area contributed by atoms with Gasteiger partial charge in [-0.25, -0.2) is 4.98 Å². The average Bonchev–Trinajstić information content (AvgIpc) is 3.44. The lowest BCUT2D eigenvalue weighted by Gasteiger charge is -2.19. The number of aryl methyl sites for hydroxylation is 1. The van der Waals surface area contributed by atoms with Crippen LogP contribution < -0.4 is 15.8 Å². The van der Waals surface area contributed by atoms with Crippen LogP contribution in [0.1, 0.15) is 32.6 Å². The van der Waals surface area contributed by atoms with Gasteiger partial charge in [0.15, 0.2) is 24.3 Å². The monoisotopic (exact) mass is 515 g/mol. The Bertz CT molecular complexity index is 1250. The van der Waals surface area contributed by atoms with Gasteiger partial charge in [-0.2, -0.15) is 9.97 Å². The summed E-state index contributed by atoms with van der Waals surface area (Å²) in [6, 6.07) is 5.46. The summed E-state index contributed by atoms with van der Waals surface area (Å²) in [4.78, 5) is 27.1. The Hall–Kier alpha value is -3.52. The second-order valence-corrected chi connectivity index (χ2v) is 8.64. The summed E-state index contributed by atoms with van der Waals surface area (Å²) in [5.41, 5.74) is 8.36. The molecule has 0 unspecified atom stereocenters. The summed E-state index contributed by atoms with van der Waals surface area (Å²) in [6.45, 7) is 6.53. The van der Waals surface area contributed by atoms with Crippen LogP contribution in [0.15, 0.2) is 24.5 Å². The zero-order valence-corrected chi connectivity index (χ0v) is 21.0. The molecule has 1 amide bonds. The van der Waals surface area contributed by atoms with Crippen molar-refractivity contribution in [2.24, 2.45) is 0 Å². The number of carbonyl (C=O) groups is 1. The van der Waals surface area contributed by atoms with E-state index in [1.807, 2.05) is 26.8 Å². The second-order valence-electron chi connectivity index (χ2n) is 8.64. The molecule has 0 spiro atoms. The second kappa shape index (κ2) is 11.3. The van der Waals surface area contributed by atoms with Crippen LogP contribution in [0.4, 0.5) is 17.5 Å². The average molecular weight is 516 g/mol. The van der Waals surface area contributed by atoms with Crippen molar-refractivity contribution >= 4 is 34.5 Å². The third-order valence-corrected chi connectivity index (χ3v) is 6.43. The minimum absolute atomic E-state index is 0.0778. The highest BCUT2D eigenvalue weighted by molar-refractivity contribution is 5.83. The third kappa shape index (κ3) is 5.30. The third-order valence-electron chi connectivity index (χ3n) is 6.43. The van der Waals surface area contributed by atoms with E-state index < -0.39 is 31.1 Å². The SMILES string of the molecule is CCc1ccc(OCC(=O)N(CC)CC)cc1Nc1nc(N)c2ncn([C@@H]3O[C@H](CO)[C@@H](O)[C@H]3O)c2n1. The number of likely N-dealkylation sites (N-methyl/N-ethyl adjacent to an activating group) is 1. The number of amides is 1. The molecular weight excluding hydrogens is 482 g/mol. The molecule has 3 heterocycles. The van der Waals surface area contributed by atoms with E-state index in [2.05, 4.69) is 20.3 Å². The van der Waals surface area contributed by atoms with Crippen LogP contribution in [0.5, 0.6) is 5.75 Å². The highest BCUT2D eigenvalue weighted by Crippen LogP contribution is 2.33. The molecule has 13 nitrogen and oxygen atoms in total. The van der Waals surface area contributed by atoms with Gasteiger partial charge in [0.25, 0.3) is 5.91 Å². The molecule has 4 rings (SSSR count). The molecule has 1 fully saturated rings. The van der Waals surface area contributed by atoms with Crippen molar-refractivity contribution in [2.75, 3.05) is 37.4 Å². The molecule has 1 saturated heterocycles. The fourth-order valence-electron chi connectivity index (χ4n) is 4.29. The smallest absolute Gasteiger partial charge is 0.260 e. The molecule has 4 atom stereocenters. The Morgan fingerprint density at radius 3 is 2.62 bits per heavy atom. The number of aliphatic hydroxyl groups excluding tert-OH is 3. The van der Waals surface area contributed by atoms with E-state index in [4.69, 9.17) is 15.2 Å². The number of benzene rings is 1. The molecule has 1 aliphatic rings. The predicted octanol–water partition coefficient (Wildman–Crippen LogP) is 0.573. The van der Waals surface area contributed by atoms with Crippen LogP contribution in [-0.2, 0) is 16.0 Å². The Labute approximate surface area is 213 Å². The predicted molar refractivity (Wildman–Crippen MR) is 135 cm³/mol. The Kier molecular flexibility index (Phi) is 8.07. The number of fused-ring (bicyclic) bond motifs is 1. The van der Waals surface area contributed by atoms with Gasteiger partial charge in [-0.05, 0) is 31.9 Å². The molecule has 6 N–H and O–H groups in total. The molecule has 0 saturated carbocycles. The maximum Gasteiger partial charge on any atom is 0.260 e. The van der Waals surface area contributed by atoms with Gasteiger partial charge in [-0.15, -0.1) is 0 Å². The highest BCUT2D eigenvalue weighted by Gasteiger charge is 2.44. The van der Waals surface area contributed by atoms with Crippen LogP contribution in [0.25, 0.3) is 11.2 Å². The summed E-state index contributed by atoms with van der Waals surface area (Å²) in [7, 11) is 0. The minimum atomic E-state index is -1.30. The van der Waals surface area contributed by atoms with Crippen molar-refractivity contribution in [3.8, 4) is 5.75 Å². The molecule has 3 aromatic rings. The van der Waals surface area contributed by atoms with Crippen molar-refractivity contribution in [1.82, 2.24) is 24.4 Å².